The topological polar surface area (TPSA) is 84.0 Å². The molecule has 158 valence electrons. The lowest BCUT2D eigenvalue weighted by molar-refractivity contribution is 0.0527. The fourth-order valence-electron chi connectivity index (χ4n) is 2.27. The third-order valence-corrected chi connectivity index (χ3v) is 3.57. The minimum Gasteiger partial charge on any atom is -0.444 e. The van der Waals surface area contributed by atoms with E-state index in [9.17, 15) is 4.79 Å². The highest BCUT2D eigenvalue weighted by atomic mass is 16.6. The van der Waals surface area contributed by atoms with Crippen LogP contribution < -0.4 is 16.0 Å². The molecule has 1 amide bonds. The van der Waals surface area contributed by atoms with Crippen molar-refractivity contribution in [2.75, 3.05) is 26.2 Å². The van der Waals surface area contributed by atoms with Crippen LogP contribution >= 0.6 is 0 Å². The average molecular weight is 393 g/mol. The van der Waals surface area contributed by atoms with Gasteiger partial charge in [0.25, 0.3) is 0 Å². The molecule has 1 aromatic rings. The number of nitrogens with zero attached hydrogens (tertiary/aromatic N) is 1. The molecule has 0 radical (unpaired) electrons. The quantitative estimate of drug-likeness (QED) is 0.324. The minimum absolute atomic E-state index is 0.388. The highest BCUT2D eigenvalue weighted by Gasteiger charge is 2.15. The van der Waals surface area contributed by atoms with E-state index in [1.54, 1.807) is 0 Å². The van der Waals surface area contributed by atoms with E-state index in [-0.39, 0.29) is 6.09 Å². The van der Waals surface area contributed by atoms with Crippen molar-refractivity contribution in [3.05, 3.63) is 35.4 Å². The van der Waals surface area contributed by atoms with Gasteiger partial charge in [0.05, 0.1) is 13.2 Å². The number of hydrogen-bond donors (Lipinski definition) is 3. The van der Waals surface area contributed by atoms with E-state index in [1.807, 2.05) is 34.6 Å². The van der Waals surface area contributed by atoms with Gasteiger partial charge in [-0.05, 0) is 52.2 Å². The number of aliphatic imine (C=N–C) groups is 1. The summed E-state index contributed by atoms with van der Waals surface area (Å²) in [4.78, 5) is 16.2. The molecule has 0 unspecified atom stereocenters. The zero-order valence-electron chi connectivity index (χ0n) is 17.9. The summed E-state index contributed by atoms with van der Waals surface area (Å²) in [6, 6.07) is 8.30. The van der Waals surface area contributed by atoms with Crippen LogP contribution in [0.2, 0.25) is 0 Å². The summed E-state index contributed by atoms with van der Waals surface area (Å²) in [6.45, 7) is 13.6. The molecule has 0 aliphatic heterocycles. The molecular weight excluding hydrogens is 356 g/mol. The van der Waals surface area contributed by atoms with Crippen LogP contribution in [0.5, 0.6) is 0 Å². The SMILES string of the molecule is CCNC(=NCc1ccc(COCC)cc1)NCCCNC(=O)OC(C)(C)C. The van der Waals surface area contributed by atoms with E-state index >= 15 is 0 Å². The molecular formula is C21H36N4O3. The lowest BCUT2D eigenvalue weighted by atomic mass is 10.1. The predicted molar refractivity (Wildman–Crippen MR) is 113 cm³/mol. The van der Waals surface area contributed by atoms with E-state index in [1.165, 1.54) is 0 Å². The van der Waals surface area contributed by atoms with Crippen LogP contribution in [0.1, 0.15) is 52.2 Å². The van der Waals surface area contributed by atoms with Crippen LogP contribution in [0.4, 0.5) is 4.79 Å². The fraction of sp³-hybridized carbons (Fsp3) is 0.619. The molecule has 7 nitrogen and oxygen atoms in total. The van der Waals surface area contributed by atoms with Crippen molar-refractivity contribution in [1.82, 2.24) is 16.0 Å². The van der Waals surface area contributed by atoms with E-state index in [4.69, 9.17) is 9.47 Å². The maximum Gasteiger partial charge on any atom is 0.407 e. The average Bonchev–Trinajstić information content (AvgIpc) is 2.63. The second kappa shape index (κ2) is 13.0. The van der Waals surface area contributed by atoms with Gasteiger partial charge >= 0.3 is 6.09 Å². The van der Waals surface area contributed by atoms with Gasteiger partial charge in [0.1, 0.15) is 5.60 Å². The van der Waals surface area contributed by atoms with Crippen LogP contribution in [-0.2, 0) is 22.6 Å². The largest absolute Gasteiger partial charge is 0.444 e. The van der Waals surface area contributed by atoms with Gasteiger partial charge in [-0.1, -0.05) is 24.3 Å². The molecule has 0 aliphatic carbocycles. The number of carbonyl (C=O) groups excluding carboxylic acids is 1. The molecule has 0 bridgehead atoms. The number of carbonyl (C=O) groups is 1. The molecule has 1 rings (SSSR count). The van der Waals surface area contributed by atoms with Crippen molar-refractivity contribution in [2.24, 2.45) is 4.99 Å². The van der Waals surface area contributed by atoms with Crippen LogP contribution in [0.15, 0.2) is 29.3 Å². The van der Waals surface area contributed by atoms with Crippen molar-refractivity contribution in [3.8, 4) is 0 Å². The van der Waals surface area contributed by atoms with Gasteiger partial charge in [-0.15, -0.1) is 0 Å². The second-order valence-electron chi connectivity index (χ2n) is 7.36. The van der Waals surface area contributed by atoms with Crippen molar-refractivity contribution in [3.63, 3.8) is 0 Å². The standard InChI is InChI=1S/C21H36N4O3/c1-6-22-19(23-13-8-14-24-20(26)28-21(3,4)5)25-15-17-9-11-18(12-10-17)16-27-7-2/h9-12H,6-8,13-16H2,1-5H3,(H,24,26)(H2,22,23,25). The molecule has 28 heavy (non-hydrogen) atoms. The first-order chi connectivity index (χ1) is 13.3. The number of ether oxygens (including phenoxy) is 2. The normalized spacial score (nSPS) is 11.8. The molecule has 7 heteroatoms. The molecule has 3 N–H and O–H groups in total. The highest BCUT2D eigenvalue weighted by molar-refractivity contribution is 5.79. The van der Waals surface area contributed by atoms with E-state index in [0.717, 1.165) is 36.7 Å². The number of guanidine groups is 1. The van der Waals surface area contributed by atoms with Gasteiger partial charge in [0.15, 0.2) is 5.96 Å². The second-order valence-corrected chi connectivity index (χ2v) is 7.36. The summed E-state index contributed by atoms with van der Waals surface area (Å²) in [5, 5.41) is 9.26. The Hall–Kier alpha value is -2.28. The lowest BCUT2D eigenvalue weighted by Crippen LogP contribution is -2.39. The Bertz CT molecular complexity index is 595. The zero-order chi connectivity index (χ0) is 20.8. The van der Waals surface area contributed by atoms with Gasteiger partial charge in [-0.25, -0.2) is 9.79 Å². The molecule has 0 aliphatic rings. The first kappa shape index (κ1) is 23.8. The maximum absolute atomic E-state index is 11.6. The Kier molecular flexibility index (Phi) is 11.0. The smallest absolute Gasteiger partial charge is 0.407 e. The molecule has 0 saturated heterocycles. The Morgan fingerprint density at radius 1 is 1.00 bits per heavy atom. The Labute approximate surface area is 169 Å². The molecule has 0 saturated carbocycles. The van der Waals surface area contributed by atoms with Crippen LogP contribution in [0, 0.1) is 0 Å². The van der Waals surface area contributed by atoms with Gasteiger partial charge in [0, 0.05) is 26.2 Å². The first-order valence-corrected chi connectivity index (χ1v) is 9.98. The lowest BCUT2D eigenvalue weighted by Gasteiger charge is -2.19. The van der Waals surface area contributed by atoms with E-state index < -0.39 is 5.60 Å². The number of alkyl carbamates (subject to hydrolysis) is 1. The third-order valence-electron chi connectivity index (χ3n) is 3.57. The van der Waals surface area contributed by atoms with Crippen LogP contribution in [-0.4, -0.2) is 43.9 Å². The third kappa shape index (κ3) is 11.4. The fourth-order valence-corrected chi connectivity index (χ4v) is 2.27. The van der Waals surface area contributed by atoms with Gasteiger partial charge in [0.2, 0.25) is 0 Å². The molecule has 0 aromatic heterocycles. The van der Waals surface area contributed by atoms with Crippen LogP contribution in [0.3, 0.4) is 0 Å². The summed E-state index contributed by atoms with van der Waals surface area (Å²) < 4.78 is 10.6. The molecule has 0 fully saturated rings. The minimum atomic E-state index is -0.478. The molecule has 0 spiro atoms. The predicted octanol–water partition coefficient (Wildman–Crippen LogP) is 3.19. The molecule has 0 atom stereocenters. The van der Waals surface area contributed by atoms with Crippen LogP contribution in [0.25, 0.3) is 0 Å². The number of nitrogens with one attached hydrogen (secondary N) is 3. The van der Waals surface area contributed by atoms with Crippen molar-refractivity contribution < 1.29 is 14.3 Å². The molecule has 1 aromatic carbocycles. The Balaban J connectivity index is 2.36. The summed E-state index contributed by atoms with van der Waals surface area (Å²) in [6.07, 6.45) is 0.385. The summed E-state index contributed by atoms with van der Waals surface area (Å²) in [5.41, 5.74) is 1.83. The van der Waals surface area contributed by atoms with Crippen molar-refractivity contribution >= 4 is 12.1 Å². The molecule has 0 heterocycles. The van der Waals surface area contributed by atoms with Crippen molar-refractivity contribution in [2.45, 2.75) is 59.8 Å². The monoisotopic (exact) mass is 392 g/mol. The number of amides is 1. The van der Waals surface area contributed by atoms with Gasteiger partial charge in [-0.3, -0.25) is 0 Å². The van der Waals surface area contributed by atoms with E-state index in [0.29, 0.717) is 26.2 Å². The number of rotatable bonds is 10. The maximum atomic E-state index is 11.6. The Morgan fingerprint density at radius 3 is 2.25 bits per heavy atom. The number of benzene rings is 1. The summed E-state index contributed by atoms with van der Waals surface area (Å²) >= 11 is 0. The number of hydrogen-bond acceptors (Lipinski definition) is 4. The summed E-state index contributed by atoms with van der Waals surface area (Å²) in [5.74, 6) is 0.762. The van der Waals surface area contributed by atoms with Gasteiger partial charge in [-0.2, -0.15) is 0 Å². The first-order valence-electron chi connectivity index (χ1n) is 9.98. The van der Waals surface area contributed by atoms with E-state index in [2.05, 4.69) is 45.2 Å². The van der Waals surface area contributed by atoms with Crippen molar-refractivity contribution in [1.29, 1.82) is 0 Å². The Morgan fingerprint density at radius 2 is 1.64 bits per heavy atom. The highest BCUT2D eigenvalue weighted by Crippen LogP contribution is 2.07. The van der Waals surface area contributed by atoms with Gasteiger partial charge < -0.3 is 25.4 Å². The summed E-state index contributed by atoms with van der Waals surface area (Å²) in [7, 11) is 0. The zero-order valence-corrected chi connectivity index (χ0v) is 17.9.